The molecule has 0 aromatic heterocycles. The van der Waals surface area contributed by atoms with E-state index in [0.717, 1.165) is 0 Å². The molecule has 0 fully saturated rings. The first-order chi connectivity index (χ1) is 9.51. The van der Waals surface area contributed by atoms with Crippen LogP contribution in [0.1, 0.15) is 10.4 Å². The normalized spacial score (nSPS) is 10.2. The number of carbonyl (C=O) groups is 1. The fourth-order valence-corrected chi connectivity index (χ4v) is 2.06. The molecule has 104 valence electrons. The molecule has 0 radical (unpaired) electrons. The van der Waals surface area contributed by atoms with E-state index >= 15 is 0 Å². The van der Waals surface area contributed by atoms with Crippen molar-refractivity contribution in [2.45, 2.75) is 0 Å². The Morgan fingerprint density at radius 3 is 2.55 bits per heavy atom. The third-order valence-corrected chi connectivity index (χ3v) is 3.14. The lowest BCUT2D eigenvalue weighted by atomic mass is 10.2. The number of halogens is 2. The van der Waals surface area contributed by atoms with Crippen LogP contribution in [0, 0.1) is 0 Å². The molecule has 0 saturated carbocycles. The number of methoxy groups -OCH3 is 1. The molecule has 0 heterocycles. The van der Waals surface area contributed by atoms with E-state index in [4.69, 9.17) is 27.9 Å². The fourth-order valence-electron chi connectivity index (χ4n) is 1.64. The van der Waals surface area contributed by atoms with Crippen LogP contribution in [0.4, 0.5) is 5.69 Å². The minimum atomic E-state index is -0.458. The van der Waals surface area contributed by atoms with Gasteiger partial charge in [0.1, 0.15) is 11.5 Å². The molecule has 0 bridgehead atoms. The summed E-state index contributed by atoms with van der Waals surface area (Å²) in [4.78, 5) is 12.0. The maximum atomic E-state index is 12.0. The van der Waals surface area contributed by atoms with Crippen molar-refractivity contribution in [3.63, 3.8) is 0 Å². The largest absolute Gasteiger partial charge is 0.507 e. The van der Waals surface area contributed by atoms with E-state index in [1.54, 1.807) is 18.2 Å². The number of phenols is 1. The highest BCUT2D eigenvalue weighted by atomic mass is 35.5. The summed E-state index contributed by atoms with van der Waals surface area (Å²) in [5, 5.41) is 13.0. The highest BCUT2D eigenvalue weighted by Crippen LogP contribution is 2.28. The van der Waals surface area contributed by atoms with Crippen LogP contribution in [-0.4, -0.2) is 18.1 Å². The number of hydrogen-bond acceptors (Lipinski definition) is 3. The van der Waals surface area contributed by atoms with Crippen LogP contribution >= 0.6 is 23.2 Å². The lowest BCUT2D eigenvalue weighted by Gasteiger charge is -2.09. The third-order valence-electron chi connectivity index (χ3n) is 2.61. The van der Waals surface area contributed by atoms with Gasteiger partial charge in [0.25, 0.3) is 5.91 Å². The van der Waals surface area contributed by atoms with Gasteiger partial charge in [-0.25, -0.2) is 0 Å². The van der Waals surface area contributed by atoms with E-state index < -0.39 is 5.91 Å². The summed E-state index contributed by atoms with van der Waals surface area (Å²) >= 11 is 11.7. The number of ether oxygens (including phenoxy) is 1. The highest BCUT2D eigenvalue weighted by Gasteiger charge is 2.12. The zero-order valence-electron chi connectivity index (χ0n) is 10.5. The zero-order valence-corrected chi connectivity index (χ0v) is 12.0. The van der Waals surface area contributed by atoms with Crippen LogP contribution < -0.4 is 10.1 Å². The summed E-state index contributed by atoms with van der Waals surface area (Å²) in [6, 6.07) is 9.12. The number of phenolic OH excluding ortho intramolecular Hbond substituents is 1. The molecular weight excluding hydrogens is 301 g/mol. The van der Waals surface area contributed by atoms with Gasteiger partial charge in [-0.1, -0.05) is 23.2 Å². The van der Waals surface area contributed by atoms with E-state index in [9.17, 15) is 9.90 Å². The second-order valence-corrected chi connectivity index (χ2v) is 4.81. The van der Waals surface area contributed by atoms with Gasteiger partial charge in [-0.2, -0.15) is 0 Å². The highest BCUT2D eigenvalue weighted by molar-refractivity contribution is 6.32. The predicted molar refractivity (Wildman–Crippen MR) is 79.1 cm³/mol. The summed E-state index contributed by atoms with van der Waals surface area (Å²) in [7, 11) is 1.51. The van der Waals surface area contributed by atoms with Crippen molar-refractivity contribution in [2.75, 3.05) is 12.4 Å². The smallest absolute Gasteiger partial charge is 0.259 e. The van der Waals surface area contributed by atoms with Gasteiger partial charge < -0.3 is 15.2 Å². The van der Waals surface area contributed by atoms with E-state index in [1.807, 2.05) is 0 Å². The monoisotopic (exact) mass is 311 g/mol. The number of nitrogens with one attached hydrogen (secondary N) is 1. The van der Waals surface area contributed by atoms with Crippen molar-refractivity contribution in [3.8, 4) is 11.5 Å². The molecule has 4 nitrogen and oxygen atoms in total. The van der Waals surface area contributed by atoms with Gasteiger partial charge in [0.15, 0.2) is 0 Å². The lowest BCUT2D eigenvalue weighted by Crippen LogP contribution is -2.12. The summed E-state index contributed by atoms with van der Waals surface area (Å²) in [5.41, 5.74) is 0.622. The van der Waals surface area contributed by atoms with Crippen LogP contribution in [0.5, 0.6) is 11.5 Å². The van der Waals surface area contributed by atoms with E-state index in [0.29, 0.717) is 21.5 Å². The number of carbonyl (C=O) groups excluding carboxylic acids is 1. The van der Waals surface area contributed by atoms with Gasteiger partial charge in [0.2, 0.25) is 0 Å². The lowest BCUT2D eigenvalue weighted by molar-refractivity contribution is 0.102. The topological polar surface area (TPSA) is 58.6 Å². The minimum absolute atomic E-state index is 0.126. The van der Waals surface area contributed by atoms with Crippen LogP contribution in [0.15, 0.2) is 36.4 Å². The molecule has 2 aromatic carbocycles. The summed E-state index contributed by atoms with van der Waals surface area (Å²) in [6.45, 7) is 0. The molecule has 0 spiro atoms. The molecular formula is C14H11Cl2NO3. The van der Waals surface area contributed by atoms with Gasteiger partial charge >= 0.3 is 0 Å². The Kier molecular flexibility index (Phi) is 4.37. The third kappa shape index (κ3) is 3.15. The summed E-state index contributed by atoms with van der Waals surface area (Å²) < 4.78 is 5.02. The average molecular weight is 312 g/mol. The first-order valence-electron chi connectivity index (χ1n) is 5.64. The van der Waals surface area contributed by atoms with Crippen LogP contribution in [0.25, 0.3) is 0 Å². The van der Waals surface area contributed by atoms with Crippen molar-refractivity contribution in [1.82, 2.24) is 0 Å². The average Bonchev–Trinajstić information content (AvgIpc) is 2.38. The molecule has 0 aliphatic rings. The van der Waals surface area contributed by atoms with Crippen molar-refractivity contribution in [1.29, 1.82) is 0 Å². The summed E-state index contributed by atoms with van der Waals surface area (Å²) in [5.74, 6) is -0.131. The van der Waals surface area contributed by atoms with Gasteiger partial charge in [0.05, 0.1) is 17.7 Å². The zero-order chi connectivity index (χ0) is 14.7. The minimum Gasteiger partial charge on any atom is -0.507 e. The second kappa shape index (κ2) is 6.03. The molecule has 2 rings (SSSR count). The first-order valence-corrected chi connectivity index (χ1v) is 6.40. The van der Waals surface area contributed by atoms with E-state index in [1.165, 1.54) is 25.3 Å². The Labute approximate surface area is 125 Å². The molecule has 6 heteroatoms. The standard InChI is InChI=1S/C14H11Cl2NO3/c1-20-13-5-3-9(7-11(13)16)17-14(19)10-4-2-8(15)6-12(10)18/h2-7,18H,1H3,(H,17,19). The molecule has 0 saturated heterocycles. The van der Waals surface area contributed by atoms with Crippen molar-refractivity contribution < 1.29 is 14.6 Å². The second-order valence-electron chi connectivity index (χ2n) is 3.96. The Hall–Kier alpha value is -1.91. The SMILES string of the molecule is COc1ccc(NC(=O)c2ccc(Cl)cc2O)cc1Cl. The Bertz CT molecular complexity index is 659. The number of rotatable bonds is 3. The molecule has 2 N–H and O–H groups in total. The molecule has 0 atom stereocenters. The van der Waals surface area contributed by atoms with Crippen molar-refractivity contribution in [2.24, 2.45) is 0 Å². The van der Waals surface area contributed by atoms with Gasteiger partial charge in [-0.3, -0.25) is 4.79 Å². The number of hydrogen-bond donors (Lipinski definition) is 2. The van der Waals surface area contributed by atoms with Gasteiger partial charge in [0, 0.05) is 10.7 Å². The van der Waals surface area contributed by atoms with Crippen LogP contribution in [0.3, 0.4) is 0 Å². The van der Waals surface area contributed by atoms with Crippen LogP contribution in [-0.2, 0) is 0 Å². The summed E-state index contributed by atoms with van der Waals surface area (Å²) in [6.07, 6.45) is 0. The number of aromatic hydroxyl groups is 1. The molecule has 0 unspecified atom stereocenters. The van der Waals surface area contributed by atoms with Crippen LogP contribution in [0.2, 0.25) is 10.0 Å². The predicted octanol–water partition coefficient (Wildman–Crippen LogP) is 3.96. The maximum Gasteiger partial charge on any atom is 0.259 e. The van der Waals surface area contributed by atoms with Crippen molar-refractivity contribution >= 4 is 34.8 Å². The Morgan fingerprint density at radius 1 is 1.20 bits per heavy atom. The molecule has 2 aromatic rings. The quantitative estimate of drug-likeness (QED) is 0.902. The first kappa shape index (κ1) is 14.5. The van der Waals surface area contributed by atoms with E-state index in [-0.39, 0.29) is 11.3 Å². The Balaban J connectivity index is 2.21. The van der Waals surface area contributed by atoms with Crippen molar-refractivity contribution in [3.05, 3.63) is 52.0 Å². The molecule has 0 aliphatic carbocycles. The number of amides is 1. The molecule has 20 heavy (non-hydrogen) atoms. The fraction of sp³-hybridized carbons (Fsp3) is 0.0714. The number of benzene rings is 2. The molecule has 0 aliphatic heterocycles. The molecule has 1 amide bonds. The number of anilines is 1. The van der Waals surface area contributed by atoms with E-state index in [2.05, 4.69) is 5.32 Å². The van der Waals surface area contributed by atoms with Gasteiger partial charge in [-0.15, -0.1) is 0 Å². The Morgan fingerprint density at radius 2 is 1.95 bits per heavy atom. The maximum absolute atomic E-state index is 12.0. The van der Waals surface area contributed by atoms with Gasteiger partial charge in [-0.05, 0) is 36.4 Å².